The van der Waals surface area contributed by atoms with Gasteiger partial charge in [-0.3, -0.25) is 4.79 Å². The molecule has 0 aromatic rings. The Bertz CT molecular complexity index is 402. The van der Waals surface area contributed by atoms with Gasteiger partial charge in [0.15, 0.2) is 0 Å². The van der Waals surface area contributed by atoms with Crippen LogP contribution in [0.15, 0.2) is 0 Å². The number of ether oxygens (including phenoxy) is 2. The lowest BCUT2D eigenvalue weighted by Crippen LogP contribution is -2.43. The third-order valence-electron chi connectivity index (χ3n) is 2.91. The van der Waals surface area contributed by atoms with Crippen molar-refractivity contribution in [3.8, 4) is 0 Å². The molecule has 7 heteroatoms. The van der Waals surface area contributed by atoms with Crippen molar-refractivity contribution in [3.63, 3.8) is 0 Å². The Kier molecular flexibility index (Phi) is 9.29. The summed E-state index contributed by atoms with van der Waals surface area (Å²) in [5.41, 5.74) is -0.527. The van der Waals surface area contributed by atoms with Crippen molar-refractivity contribution in [1.29, 1.82) is 0 Å². The van der Waals surface area contributed by atoms with E-state index in [4.69, 9.17) is 9.47 Å². The van der Waals surface area contributed by atoms with Crippen LogP contribution in [0.5, 0.6) is 0 Å². The molecule has 0 aliphatic rings. The predicted octanol–water partition coefficient (Wildman–Crippen LogP) is 2.00. The first-order valence-electron chi connectivity index (χ1n) is 7.92. The molecular weight excluding hydrogens is 300 g/mol. The number of amides is 2. The minimum absolute atomic E-state index is 0.188. The number of rotatable bonds is 8. The molecule has 0 unspecified atom stereocenters. The van der Waals surface area contributed by atoms with Crippen molar-refractivity contribution < 1.29 is 23.9 Å². The van der Waals surface area contributed by atoms with Gasteiger partial charge in [-0.25, -0.2) is 9.59 Å². The molecule has 1 atom stereocenters. The second-order valence-electron chi connectivity index (χ2n) is 6.66. The first kappa shape index (κ1) is 21.2. The van der Waals surface area contributed by atoms with E-state index in [1.165, 1.54) is 7.11 Å². The Morgan fingerprint density at radius 3 is 2.17 bits per heavy atom. The minimum atomic E-state index is -0.656. The number of nitrogens with one attached hydrogen (secondary N) is 2. The van der Waals surface area contributed by atoms with Crippen molar-refractivity contribution in [2.24, 2.45) is 5.92 Å². The standard InChI is InChI=1S/C16H30N2O5/c1-11(2)13(19)18-12(14(20)22-6)9-7-8-10-17-15(21)23-16(3,4)5/h11-12H,7-10H2,1-6H3,(H,17,21)(H,18,19)/t12-/m0/s1. The molecule has 2 amide bonds. The summed E-state index contributed by atoms with van der Waals surface area (Å²) in [6.45, 7) is 9.35. The third kappa shape index (κ3) is 10.5. The van der Waals surface area contributed by atoms with Gasteiger partial charge in [-0.05, 0) is 40.0 Å². The van der Waals surface area contributed by atoms with Crippen molar-refractivity contribution in [1.82, 2.24) is 10.6 Å². The molecular formula is C16H30N2O5. The summed E-state index contributed by atoms with van der Waals surface area (Å²) in [5, 5.41) is 5.32. The fourth-order valence-corrected chi connectivity index (χ4v) is 1.71. The number of hydrogen-bond acceptors (Lipinski definition) is 5. The predicted molar refractivity (Wildman–Crippen MR) is 86.9 cm³/mol. The van der Waals surface area contributed by atoms with Crippen LogP contribution in [0, 0.1) is 5.92 Å². The van der Waals surface area contributed by atoms with Crippen LogP contribution in [0.2, 0.25) is 0 Å². The van der Waals surface area contributed by atoms with Gasteiger partial charge in [-0.15, -0.1) is 0 Å². The summed E-state index contributed by atoms with van der Waals surface area (Å²) in [6, 6.07) is -0.656. The summed E-state index contributed by atoms with van der Waals surface area (Å²) in [7, 11) is 1.29. The Labute approximate surface area is 138 Å². The molecule has 0 aliphatic heterocycles. The number of hydrogen-bond donors (Lipinski definition) is 2. The zero-order valence-electron chi connectivity index (χ0n) is 15.0. The van der Waals surface area contributed by atoms with Crippen LogP contribution in [-0.2, 0) is 19.1 Å². The van der Waals surface area contributed by atoms with E-state index in [-0.39, 0.29) is 11.8 Å². The molecule has 134 valence electrons. The first-order valence-corrected chi connectivity index (χ1v) is 7.92. The highest BCUT2D eigenvalue weighted by Gasteiger charge is 2.22. The normalized spacial score (nSPS) is 12.5. The maximum atomic E-state index is 11.7. The molecule has 0 rings (SSSR count). The first-order chi connectivity index (χ1) is 10.6. The fourth-order valence-electron chi connectivity index (χ4n) is 1.71. The van der Waals surface area contributed by atoms with Gasteiger partial charge in [0.05, 0.1) is 7.11 Å². The van der Waals surface area contributed by atoms with E-state index in [1.807, 2.05) is 0 Å². The van der Waals surface area contributed by atoms with Gasteiger partial charge in [0.2, 0.25) is 5.91 Å². The largest absolute Gasteiger partial charge is 0.467 e. The lowest BCUT2D eigenvalue weighted by atomic mass is 10.1. The summed E-state index contributed by atoms with van der Waals surface area (Å²) in [4.78, 5) is 34.8. The van der Waals surface area contributed by atoms with Gasteiger partial charge < -0.3 is 20.1 Å². The molecule has 0 saturated carbocycles. The molecule has 7 nitrogen and oxygen atoms in total. The minimum Gasteiger partial charge on any atom is -0.467 e. The highest BCUT2D eigenvalue weighted by atomic mass is 16.6. The highest BCUT2D eigenvalue weighted by Crippen LogP contribution is 2.07. The van der Waals surface area contributed by atoms with Crippen LogP contribution >= 0.6 is 0 Å². The molecule has 0 saturated heterocycles. The van der Waals surface area contributed by atoms with E-state index in [2.05, 4.69) is 10.6 Å². The van der Waals surface area contributed by atoms with Gasteiger partial charge in [0.1, 0.15) is 11.6 Å². The van der Waals surface area contributed by atoms with Gasteiger partial charge in [-0.1, -0.05) is 13.8 Å². The van der Waals surface area contributed by atoms with E-state index >= 15 is 0 Å². The van der Waals surface area contributed by atoms with Crippen molar-refractivity contribution in [2.75, 3.05) is 13.7 Å². The lowest BCUT2D eigenvalue weighted by molar-refractivity contribution is -0.145. The Morgan fingerprint density at radius 1 is 1.09 bits per heavy atom. The molecule has 0 spiro atoms. The molecule has 0 fully saturated rings. The molecule has 0 aromatic heterocycles. The van der Waals surface area contributed by atoms with E-state index in [0.717, 1.165) is 0 Å². The van der Waals surface area contributed by atoms with Crippen LogP contribution in [-0.4, -0.2) is 43.3 Å². The average molecular weight is 330 g/mol. The Balaban J connectivity index is 4.11. The van der Waals surface area contributed by atoms with Gasteiger partial charge in [0, 0.05) is 12.5 Å². The third-order valence-corrected chi connectivity index (χ3v) is 2.91. The monoisotopic (exact) mass is 330 g/mol. The summed E-state index contributed by atoms with van der Waals surface area (Å²) < 4.78 is 9.82. The second kappa shape index (κ2) is 10.1. The van der Waals surface area contributed by atoms with Crippen molar-refractivity contribution in [3.05, 3.63) is 0 Å². The maximum absolute atomic E-state index is 11.7. The molecule has 0 aliphatic carbocycles. The topological polar surface area (TPSA) is 93.7 Å². The Hall–Kier alpha value is -1.79. The van der Waals surface area contributed by atoms with Gasteiger partial charge >= 0.3 is 12.1 Å². The van der Waals surface area contributed by atoms with Crippen LogP contribution in [0.1, 0.15) is 53.9 Å². The van der Waals surface area contributed by atoms with E-state index < -0.39 is 23.7 Å². The van der Waals surface area contributed by atoms with Crippen molar-refractivity contribution >= 4 is 18.0 Å². The Morgan fingerprint density at radius 2 is 1.70 bits per heavy atom. The molecule has 0 heterocycles. The molecule has 0 radical (unpaired) electrons. The van der Waals surface area contributed by atoms with Crippen LogP contribution in [0.4, 0.5) is 4.79 Å². The quantitative estimate of drug-likeness (QED) is 0.524. The zero-order valence-corrected chi connectivity index (χ0v) is 15.0. The summed E-state index contributed by atoms with van der Waals surface area (Å²) in [5.74, 6) is -0.845. The van der Waals surface area contributed by atoms with Gasteiger partial charge in [0.25, 0.3) is 0 Å². The number of methoxy groups -OCH3 is 1. The number of carbonyl (C=O) groups is 3. The number of carbonyl (C=O) groups excluding carboxylic acids is 3. The van der Waals surface area contributed by atoms with E-state index in [9.17, 15) is 14.4 Å². The number of esters is 1. The SMILES string of the molecule is COC(=O)[C@H](CCCCNC(=O)OC(C)(C)C)NC(=O)C(C)C. The summed E-state index contributed by atoms with van der Waals surface area (Å²) >= 11 is 0. The molecule has 0 aromatic carbocycles. The van der Waals surface area contributed by atoms with E-state index in [0.29, 0.717) is 25.8 Å². The molecule has 2 N–H and O–H groups in total. The average Bonchev–Trinajstić information content (AvgIpc) is 2.42. The maximum Gasteiger partial charge on any atom is 0.407 e. The van der Waals surface area contributed by atoms with Crippen LogP contribution in [0.25, 0.3) is 0 Å². The summed E-state index contributed by atoms with van der Waals surface area (Å²) in [6.07, 6.45) is 1.33. The van der Waals surface area contributed by atoms with Crippen LogP contribution < -0.4 is 10.6 Å². The van der Waals surface area contributed by atoms with Gasteiger partial charge in [-0.2, -0.15) is 0 Å². The number of unbranched alkanes of at least 4 members (excludes halogenated alkanes) is 1. The number of alkyl carbamates (subject to hydrolysis) is 1. The smallest absolute Gasteiger partial charge is 0.407 e. The molecule has 0 bridgehead atoms. The highest BCUT2D eigenvalue weighted by molar-refractivity contribution is 5.85. The van der Waals surface area contributed by atoms with Crippen molar-refractivity contribution in [2.45, 2.75) is 65.5 Å². The lowest BCUT2D eigenvalue weighted by Gasteiger charge is -2.20. The second-order valence-corrected chi connectivity index (χ2v) is 6.66. The van der Waals surface area contributed by atoms with Crippen LogP contribution in [0.3, 0.4) is 0 Å². The fraction of sp³-hybridized carbons (Fsp3) is 0.812. The van der Waals surface area contributed by atoms with E-state index in [1.54, 1.807) is 34.6 Å². The zero-order chi connectivity index (χ0) is 18.0. The molecule has 23 heavy (non-hydrogen) atoms.